The fraction of sp³-hybridized carbons (Fsp3) is 0.370. The zero-order valence-corrected chi connectivity index (χ0v) is 21.1. The second-order valence-corrected chi connectivity index (χ2v) is 8.78. The molecule has 0 heterocycles. The summed E-state index contributed by atoms with van der Waals surface area (Å²) >= 11 is 0. The predicted octanol–water partition coefficient (Wildman–Crippen LogP) is 5.05. The van der Waals surface area contributed by atoms with E-state index in [1.165, 1.54) is 6.92 Å². The van der Waals surface area contributed by atoms with Gasteiger partial charge in [-0.15, -0.1) is 0 Å². The molecule has 0 aliphatic heterocycles. The van der Waals surface area contributed by atoms with Crippen molar-refractivity contribution in [2.24, 2.45) is 0 Å². The van der Waals surface area contributed by atoms with E-state index in [1.807, 2.05) is 24.3 Å². The van der Waals surface area contributed by atoms with Gasteiger partial charge in [-0.25, -0.2) is 9.69 Å². The molecule has 0 bridgehead atoms. The fourth-order valence-corrected chi connectivity index (χ4v) is 3.24. The van der Waals surface area contributed by atoms with Gasteiger partial charge in [0, 0.05) is 13.3 Å². The number of imide groups is 1. The first kappa shape index (κ1) is 27.4. The van der Waals surface area contributed by atoms with Crippen LogP contribution in [0.1, 0.15) is 45.7 Å². The van der Waals surface area contributed by atoms with Crippen molar-refractivity contribution in [1.82, 2.24) is 4.90 Å². The van der Waals surface area contributed by atoms with Gasteiger partial charge in [0.05, 0.1) is 7.11 Å². The van der Waals surface area contributed by atoms with E-state index in [0.717, 1.165) is 16.0 Å². The highest BCUT2D eigenvalue weighted by Gasteiger charge is 2.31. The van der Waals surface area contributed by atoms with E-state index in [4.69, 9.17) is 18.9 Å². The zero-order chi connectivity index (χ0) is 26.0. The minimum Gasteiger partial charge on any atom is -0.497 e. The molecule has 0 aliphatic rings. The highest BCUT2D eigenvalue weighted by molar-refractivity contribution is 5.81. The minimum absolute atomic E-state index is 0.181. The van der Waals surface area contributed by atoms with E-state index >= 15 is 0 Å². The SMILES string of the molecule is C/C=C(/OCc1ccc(OC(C)=O)cc1)C(Cc1ccc(OC)cc1)N(C=O)C(=O)OC(C)(C)C. The molecule has 1 unspecified atom stereocenters. The summed E-state index contributed by atoms with van der Waals surface area (Å²) in [7, 11) is 1.58. The summed E-state index contributed by atoms with van der Waals surface area (Å²) in [6, 6.07) is 13.5. The molecule has 0 saturated carbocycles. The van der Waals surface area contributed by atoms with Crippen LogP contribution in [0.25, 0.3) is 0 Å². The first-order chi connectivity index (χ1) is 16.6. The Balaban J connectivity index is 2.27. The predicted molar refractivity (Wildman–Crippen MR) is 131 cm³/mol. The van der Waals surface area contributed by atoms with Crippen LogP contribution in [-0.2, 0) is 32.1 Å². The monoisotopic (exact) mass is 483 g/mol. The van der Waals surface area contributed by atoms with Crippen LogP contribution in [0.15, 0.2) is 60.4 Å². The number of allylic oxidation sites excluding steroid dienone is 1. The molecule has 8 nitrogen and oxygen atoms in total. The number of benzene rings is 2. The summed E-state index contributed by atoms with van der Waals surface area (Å²) in [5.41, 5.74) is 0.919. The van der Waals surface area contributed by atoms with Crippen LogP contribution in [0.3, 0.4) is 0 Å². The Hall–Kier alpha value is -3.81. The molecule has 0 saturated heterocycles. The summed E-state index contributed by atoms with van der Waals surface area (Å²) in [5, 5.41) is 0. The molecule has 2 amide bonds. The number of carbonyl (C=O) groups excluding carboxylic acids is 3. The van der Waals surface area contributed by atoms with Crippen molar-refractivity contribution in [3.05, 3.63) is 71.5 Å². The van der Waals surface area contributed by atoms with Gasteiger partial charge in [0.25, 0.3) is 0 Å². The topological polar surface area (TPSA) is 91.4 Å². The Bertz CT molecular complexity index is 1020. The number of nitrogens with zero attached hydrogens (tertiary/aromatic N) is 1. The number of esters is 1. The van der Waals surface area contributed by atoms with Crippen molar-refractivity contribution >= 4 is 18.5 Å². The third-order valence-electron chi connectivity index (χ3n) is 4.85. The van der Waals surface area contributed by atoms with E-state index in [0.29, 0.717) is 30.1 Å². The maximum Gasteiger partial charge on any atom is 0.417 e. The Morgan fingerprint density at radius 3 is 2.03 bits per heavy atom. The highest BCUT2D eigenvalue weighted by Crippen LogP contribution is 2.23. The minimum atomic E-state index is -0.774. The van der Waals surface area contributed by atoms with Crippen molar-refractivity contribution in [2.45, 2.75) is 59.3 Å². The number of hydrogen-bond acceptors (Lipinski definition) is 7. The van der Waals surface area contributed by atoms with E-state index in [-0.39, 0.29) is 6.61 Å². The lowest BCUT2D eigenvalue weighted by molar-refractivity contribution is -0.131. The van der Waals surface area contributed by atoms with Gasteiger partial charge in [-0.05, 0) is 69.2 Å². The molecule has 0 fully saturated rings. The standard InChI is InChI=1S/C27H33NO7/c1-7-25(33-17-21-10-14-23(15-11-21)34-19(2)30)24(16-20-8-12-22(32-6)13-9-20)28(18-29)26(31)35-27(3,4)5/h7-15,18,24H,16-17H2,1-6H3/b25-7+. The number of amides is 2. The van der Waals surface area contributed by atoms with Gasteiger partial charge in [-0.1, -0.05) is 24.3 Å². The smallest absolute Gasteiger partial charge is 0.417 e. The molecule has 2 rings (SSSR count). The van der Waals surface area contributed by atoms with Gasteiger partial charge in [-0.3, -0.25) is 9.59 Å². The maximum absolute atomic E-state index is 12.9. The lowest BCUT2D eigenvalue weighted by Crippen LogP contribution is -2.45. The molecule has 35 heavy (non-hydrogen) atoms. The Labute approximate surface area is 206 Å². The molecule has 2 aromatic carbocycles. The van der Waals surface area contributed by atoms with Crippen molar-refractivity contribution in [1.29, 1.82) is 0 Å². The molecular weight excluding hydrogens is 450 g/mol. The summed E-state index contributed by atoms with van der Waals surface area (Å²) in [5.74, 6) is 1.16. The number of hydrogen-bond donors (Lipinski definition) is 0. The van der Waals surface area contributed by atoms with Gasteiger partial charge >= 0.3 is 12.1 Å². The molecule has 0 aliphatic carbocycles. The highest BCUT2D eigenvalue weighted by atomic mass is 16.6. The Kier molecular flexibility index (Phi) is 9.87. The van der Waals surface area contributed by atoms with Crippen molar-refractivity contribution in [3.8, 4) is 11.5 Å². The number of rotatable bonds is 10. The molecule has 0 radical (unpaired) electrons. The second kappa shape index (κ2) is 12.6. The molecule has 0 spiro atoms. The molecule has 1 atom stereocenters. The number of methoxy groups -OCH3 is 1. The van der Waals surface area contributed by atoms with Gasteiger partial charge in [0.2, 0.25) is 6.41 Å². The molecule has 0 N–H and O–H groups in total. The third-order valence-corrected chi connectivity index (χ3v) is 4.85. The Morgan fingerprint density at radius 2 is 1.54 bits per heavy atom. The summed E-state index contributed by atoms with van der Waals surface area (Å²) in [6.45, 7) is 8.50. The first-order valence-electron chi connectivity index (χ1n) is 11.2. The largest absolute Gasteiger partial charge is 0.497 e. The third kappa shape index (κ3) is 8.81. The van der Waals surface area contributed by atoms with Crippen molar-refractivity contribution in [3.63, 3.8) is 0 Å². The summed E-state index contributed by atoms with van der Waals surface area (Å²) < 4.78 is 21.8. The zero-order valence-electron chi connectivity index (χ0n) is 21.1. The van der Waals surface area contributed by atoms with Crippen LogP contribution in [0.5, 0.6) is 11.5 Å². The summed E-state index contributed by atoms with van der Waals surface area (Å²) in [4.78, 5) is 37.1. The molecule has 2 aromatic rings. The van der Waals surface area contributed by atoms with Crippen LogP contribution < -0.4 is 9.47 Å². The molecule has 188 valence electrons. The molecule has 0 aromatic heterocycles. The van der Waals surface area contributed by atoms with Crippen molar-refractivity contribution in [2.75, 3.05) is 7.11 Å². The molecular formula is C27H33NO7. The van der Waals surface area contributed by atoms with E-state index < -0.39 is 23.7 Å². The average molecular weight is 484 g/mol. The lowest BCUT2D eigenvalue weighted by atomic mass is 10.0. The van der Waals surface area contributed by atoms with Gasteiger partial charge in [0.15, 0.2) is 0 Å². The van der Waals surface area contributed by atoms with Gasteiger partial charge in [-0.2, -0.15) is 0 Å². The maximum atomic E-state index is 12.9. The first-order valence-corrected chi connectivity index (χ1v) is 11.2. The average Bonchev–Trinajstić information content (AvgIpc) is 2.79. The van der Waals surface area contributed by atoms with Crippen LogP contribution in [0.2, 0.25) is 0 Å². The fourth-order valence-electron chi connectivity index (χ4n) is 3.24. The van der Waals surface area contributed by atoms with Crippen LogP contribution in [0.4, 0.5) is 4.79 Å². The van der Waals surface area contributed by atoms with Crippen LogP contribution >= 0.6 is 0 Å². The lowest BCUT2D eigenvalue weighted by Gasteiger charge is -2.31. The number of carbonyl (C=O) groups is 3. The quantitative estimate of drug-likeness (QED) is 0.202. The summed E-state index contributed by atoms with van der Waals surface area (Å²) in [6.07, 6.45) is 1.73. The van der Waals surface area contributed by atoms with E-state index in [9.17, 15) is 14.4 Å². The van der Waals surface area contributed by atoms with E-state index in [2.05, 4.69) is 0 Å². The van der Waals surface area contributed by atoms with Crippen molar-refractivity contribution < 1.29 is 33.3 Å². The number of ether oxygens (including phenoxy) is 4. The van der Waals surface area contributed by atoms with Gasteiger partial charge < -0.3 is 18.9 Å². The Morgan fingerprint density at radius 1 is 0.971 bits per heavy atom. The molecule has 8 heteroatoms. The van der Waals surface area contributed by atoms with Crippen LogP contribution in [0, 0.1) is 0 Å². The normalized spacial score (nSPS) is 12.3. The van der Waals surface area contributed by atoms with Gasteiger partial charge in [0.1, 0.15) is 35.5 Å². The van der Waals surface area contributed by atoms with E-state index in [1.54, 1.807) is 65.1 Å². The van der Waals surface area contributed by atoms with Crippen LogP contribution in [-0.4, -0.2) is 42.1 Å². The second-order valence-electron chi connectivity index (χ2n) is 8.78.